The van der Waals surface area contributed by atoms with Crippen LogP contribution in [-0.2, 0) is 12.1 Å². The third-order valence-corrected chi connectivity index (χ3v) is 4.95. The van der Waals surface area contributed by atoms with Crippen molar-refractivity contribution < 1.29 is 9.90 Å². The molecule has 0 unspecified atom stereocenters. The Morgan fingerprint density at radius 3 is 2.83 bits per heavy atom. The van der Waals surface area contributed by atoms with Crippen molar-refractivity contribution in [2.45, 2.75) is 19.1 Å². The van der Waals surface area contributed by atoms with Crippen molar-refractivity contribution >= 4 is 28.3 Å². The van der Waals surface area contributed by atoms with Gasteiger partial charge in [-0.1, -0.05) is 24.3 Å². The minimum absolute atomic E-state index is 0.149. The highest BCUT2D eigenvalue weighted by atomic mass is 32.1. The lowest BCUT2D eigenvalue weighted by molar-refractivity contribution is 0.0631. The molecule has 0 aliphatic heterocycles. The fourth-order valence-electron chi connectivity index (χ4n) is 2.47. The molecule has 2 amide bonds. The minimum atomic E-state index is -1.07. The molecule has 0 radical (unpaired) electrons. The first-order chi connectivity index (χ1) is 11.6. The number of hydrogen-bond acceptors (Lipinski definition) is 4. The number of nitrogens with zero attached hydrogens (tertiary/aromatic N) is 1. The lowest BCUT2D eigenvalue weighted by Gasteiger charge is -2.22. The van der Waals surface area contributed by atoms with Crippen molar-refractivity contribution in [3.05, 3.63) is 64.5 Å². The molecule has 0 spiro atoms. The van der Waals surface area contributed by atoms with E-state index in [0.29, 0.717) is 6.54 Å². The second kappa shape index (κ2) is 6.98. The third-order valence-electron chi connectivity index (χ3n) is 3.82. The maximum absolute atomic E-state index is 12.0. The summed E-state index contributed by atoms with van der Waals surface area (Å²) in [6.45, 7) is 2.24. The summed E-state index contributed by atoms with van der Waals surface area (Å²) in [5.41, 5.74) is 0.827. The van der Waals surface area contributed by atoms with Gasteiger partial charge in [-0.15, -0.1) is 11.3 Å². The number of rotatable bonds is 5. The van der Waals surface area contributed by atoms with Crippen LogP contribution in [0.4, 0.5) is 4.79 Å². The molecule has 124 valence electrons. The summed E-state index contributed by atoms with van der Waals surface area (Å²) in [5, 5.41) is 18.9. The van der Waals surface area contributed by atoms with Gasteiger partial charge in [0.1, 0.15) is 5.60 Å². The fraction of sp³-hybridized carbons (Fsp3) is 0.222. The molecule has 3 rings (SSSR count). The largest absolute Gasteiger partial charge is 0.383 e. The Morgan fingerprint density at radius 2 is 2.04 bits per heavy atom. The van der Waals surface area contributed by atoms with E-state index in [0.717, 1.165) is 21.3 Å². The first kappa shape index (κ1) is 16.4. The SMILES string of the molecule is C[C@@](O)(CNC(=O)NCc1ccnc2ccccc12)c1cccs1. The summed E-state index contributed by atoms with van der Waals surface area (Å²) in [6, 6.07) is 13.1. The lowest BCUT2D eigenvalue weighted by atomic mass is 10.1. The number of thiophene rings is 1. The van der Waals surface area contributed by atoms with Gasteiger partial charge in [0.2, 0.25) is 0 Å². The highest BCUT2D eigenvalue weighted by Crippen LogP contribution is 2.24. The second-order valence-electron chi connectivity index (χ2n) is 5.77. The van der Waals surface area contributed by atoms with Crippen LogP contribution in [0.2, 0.25) is 0 Å². The Hall–Kier alpha value is -2.44. The van der Waals surface area contributed by atoms with Gasteiger partial charge in [-0.3, -0.25) is 4.98 Å². The summed E-state index contributed by atoms with van der Waals surface area (Å²) < 4.78 is 0. The van der Waals surface area contributed by atoms with E-state index >= 15 is 0 Å². The normalized spacial score (nSPS) is 13.4. The number of carbonyl (C=O) groups is 1. The molecule has 0 saturated heterocycles. The van der Waals surface area contributed by atoms with Gasteiger partial charge in [-0.05, 0) is 36.1 Å². The van der Waals surface area contributed by atoms with E-state index in [1.807, 2.05) is 47.8 Å². The smallest absolute Gasteiger partial charge is 0.315 e. The maximum Gasteiger partial charge on any atom is 0.315 e. The number of aromatic nitrogens is 1. The molecule has 3 N–H and O–H groups in total. The molecular formula is C18H19N3O2S. The van der Waals surface area contributed by atoms with Crippen molar-refractivity contribution in [2.75, 3.05) is 6.54 Å². The number of hydrogen-bond donors (Lipinski definition) is 3. The van der Waals surface area contributed by atoms with Crippen LogP contribution in [0.1, 0.15) is 17.4 Å². The zero-order valence-corrected chi connectivity index (χ0v) is 14.1. The van der Waals surface area contributed by atoms with Crippen molar-refractivity contribution in [1.82, 2.24) is 15.6 Å². The summed E-state index contributed by atoms with van der Waals surface area (Å²) in [5.74, 6) is 0. The van der Waals surface area contributed by atoms with E-state index in [1.54, 1.807) is 13.1 Å². The molecule has 0 saturated carbocycles. The van der Waals surface area contributed by atoms with Crippen LogP contribution < -0.4 is 10.6 Å². The van der Waals surface area contributed by atoms with Gasteiger partial charge >= 0.3 is 6.03 Å². The van der Waals surface area contributed by atoms with Crippen LogP contribution in [0.25, 0.3) is 10.9 Å². The van der Waals surface area contributed by atoms with Crippen LogP contribution in [0.5, 0.6) is 0 Å². The molecule has 3 aromatic rings. The summed E-state index contributed by atoms with van der Waals surface area (Å²) in [7, 11) is 0. The summed E-state index contributed by atoms with van der Waals surface area (Å²) in [4.78, 5) is 17.2. The zero-order chi connectivity index (χ0) is 17.0. The highest BCUT2D eigenvalue weighted by molar-refractivity contribution is 7.10. The zero-order valence-electron chi connectivity index (χ0n) is 13.3. The van der Waals surface area contributed by atoms with E-state index in [2.05, 4.69) is 15.6 Å². The van der Waals surface area contributed by atoms with E-state index in [-0.39, 0.29) is 12.6 Å². The molecule has 2 aromatic heterocycles. The Labute approximate surface area is 144 Å². The number of fused-ring (bicyclic) bond motifs is 1. The third kappa shape index (κ3) is 3.72. The predicted octanol–water partition coefficient (Wildman–Crippen LogP) is 3.00. The number of amides is 2. The van der Waals surface area contributed by atoms with Crippen molar-refractivity contribution in [3.8, 4) is 0 Å². The van der Waals surface area contributed by atoms with Crippen molar-refractivity contribution in [1.29, 1.82) is 0 Å². The Balaban J connectivity index is 1.58. The average molecular weight is 341 g/mol. The lowest BCUT2D eigenvalue weighted by Crippen LogP contribution is -2.42. The first-order valence-electron chi connectivity index (χ1n) is 7.67. The van der Waals surface area contributed by atoms with Gasteiger partial charge in [0.25, 0.3) is 0 Å². The molecule has 0 aliphatic carbocycles. The van der Waals surface area contributed by atoms with Gasteiger partial charge in [-0.25, -0.2) is 4.79 Å². The van der Waals surface area contributed by atoms with E-state index in [9.17, 15) is 9.90 Å². The molecule has 0 fully saturated rings. The highest BCUT2D eigenvalue weighted by Gasteiger charge is 2.24. The number of nitrogens with one attached hydrogen (secondary N) is 2. The molecular weight excluding hydrogens is 322 g/mol. The molecule has 24 heavy (non-hydrogen) atoms. The van der Waals surface area contributed by atoms with Crippen LogP contribution in [0.3, 0.4) is 0 Å². The van der Waals surface area contributed by atoms with E-state index in [4.69, 9.17) is 0 Å². The van der Waals surface area contributed by atoms with Gasteiger partial charge < -0.3 is 15.7 Å². The van der Waals surface area contributed by atoms with Crippen LogP contribution in [0, 0.1) is 0 Å². The molecule has 1 aromatic carbocycles. The number of aliphatic hydroxyl groups is 1. The Kier molecular flexibility index (Phi) is 4.78. The molecule has 0 bridgehead atoms. The first-order valence-corrected chi connectivity index (χ1v) is 8.55. The average Bonchev–Trinajstić information content (AvgIpc) is 3.14. The number of carbonyl (C=O) groups excluding carboxylic acids is 1. The molecule has 2 heterocycles. The quantitative estimate of drug-likeness (QED) is 0.668. The minimum Gasteiger partial charge on any atom is -0.383 e. The predicted molar refractivity (Wildman–Crippen MR) is 95.9 cm³/mol. The number of para-hydroxylation sites is 1. The Morgan fingerprint density at radius 1 is 1.21 bits per heavy atom. The van der Waals surface area contributed by atoms with Gasteiger partial charge in [0.05, 0.1) is 12.1 Å². The van der Waals surface area contributed by atoms with E-state index < -0.39 is 5.60 Å². The summed E-state index contributed by atoms with van der Waals surface area (Å²) >= 11 is 1.46. The Bertz CT molecular complexity index is 826. The number of urea groups is 1. The van der Waals surface area contributed by atoms with Crippen molar-refractivity contribution in [2.24, 2.45) is 0 Å². The van der Waals surface area contributed by atoms with Gasteiger partial charge in [-0.2, -0.15) is 0 Å². The molecule has 5 nitrogen and oxygen atoms in total. The van der Waals surface area contributed by atoms with Crippen LogP contribution in [0.15, 0.2) is 54.0 Å². The second-order valence-corrected chi connectivity index (χ2v) is 6.72. The number of pyridine rings is 1. The maximum atomic E-state index is 12.0. The standard InChI is InChI=1S/C18H19N3O2S/c1-18(23,16-7-4-10-24-16)12-21-17(22)20-11-13-8-9-19-15-6-3-2-5-14(13)15/h2-10,23H,11-12H2,1H3,(H2,20,21,22)/t18-/m1/s1. The van der Waals surface area contributed by atoms with Gasteiger partial charge in [0, 0.05) is 23.0 Å². The van der Waals surface area contributed by atoms with E-state index in [1.165, 1.54) is 11.3 Å². The van der Waals surface area contributed by atoms with Crippen molar-refractivity contribution in [3.63, 3.8) is 0 Å². The monoisotopic (exact) mass is 341 g/mol. The fourth-order valence-corrected chi connectivity index (χ4v) is 3.26. The molecule has 0 aliphatic rings. The number of benzene rings is 1. The molecule has 6 heteroatoms. The summed E-state index contributed by atoms with van der Waals surface area (Å²) in [6.07, 6.45) is 1.73. The van der Waals surface area contributed by atoms with Crippen LogP contribution in [-0.4, -0.2) is 22.7 Å². The van der Waals surface area contributed by atoms with Crippen LogP contribution >= 0.6 is 11.3 Å². The van der Waals surface area contributed by atoms with Gasteiger partial charge in [0.15, 0.2) is 0 Å². The topological polar surface area (TPSA) is 74.2 Å². The molecule has 1 atom stereocenters.